The molecule has 3 aliphatic rings. The normalized spacial score (nSPS) is 23.6. The Labute approximate surface area is 269 Å². The standard InChI is InChI=1S/C34H46F3N5O4/c1-23-16-40(27(18-41(23)31(44)46-32(2,3)4)17-39-11-12-45-22-34(36,37)21-39)19-29(43)42-20-33(5,6)30-28(42)14-25(15-38-30)13-24-7-9-26(35)10-8-24/h7-10,14-15,23,27H,11-13,16-22H2,1-6H3/t23-,27+/m1/s1. The lowest BCUT2D eigenvalue weighted by Crippen LogP contribution is -2.63. The van der Waals surface area contributed by atoms with Crippen molar-refractivity contribution in [2.24, 2.45) is 0 Å². The average Bonchev–Trinajstić information content (AvgIpc) is 3.09. The fourth-order valence-corrected chi connectivity index (χ4v) is 6.57. The van der Waals surface area contributed by atoms with E-state index in [1.807, 2.05) is 24.1 Å². The van der Waals surface area contributed by atoms with Crippen LogP contribution in [0.25, 0.3) is 0 Å². The van der Waals surface area contributed by atoms with E-state index in [0.29, 0.717) is 26.1 Å². The highest BCUT2D eigenvalue weighted by Crippen LogP contribution is 2.40. The summed E-state index contributed by atoms with van der Waals surface area (Å²) in [4.78, 5) is 39.2. The van der Waals surface area contributed by atoms with Crippen LogP contribution >= 0.6 is 0 Å². The van der Waals surface area contributed by atoms with E-state index in [1.165, 1.54) is 12.1 Å². The van der Waals surface area contributed by atoms with Crippen LogP contribution in [0.1, 0.15) is 58.4 Å². The van der Waals surface area contributed by atoms with Crippen molar-refractivity contribution in [2.75, 3.05) is 63.9 Å². The Morgan fingerprint density at radius 1 is 1.09 bits per heavy atom. The van der Waals surface area contributed by atoms with Gasteiger partial charge in [-0.25, -0.2) is 18.0 Å². The summed E-state index contributed by atoms with van der Waals surface area (Å²) in [7, 11) is 0. The number of anilines is 1. The molecule has 2 atom stereocenters. The van der Waals surface area contributed by atoms with Crippen LogP contribution in [-0.2, 0) is 26.1 Å². The summed E-state index contributed by atoms with van der Waals surface area (Å²) in [5.74, 6) is -3.42. The van der Waals surface area contributed by atoms with Crippen molar-refractivity contribution in [3.05, 3.63) is 59.2 Å². The number of carbonyl (C=O) groups excluding carboxylic acids is 2. The predicted octanol–water partition coefficient (Wildman–Crippen LogP) is 4.71. The zero-order valence-corrected chi connectivity index (χ0v) is 27.7. The molecule has 0 unspecified atom stereocenters. The fraction of sp³-hybridized carbons (Fsp3) is 0.618. The molecule has 252 valence electrons. The first-order chi connectivity index (χ1) is 21.5. The molecule has 0 aliphatic carbocycles. The Balaban J connectivity index is 1.37. The van der Waals surface area contributed by atoms with E-state index in [4.69, 9.17) is 14.5 Å². The van der Waals surface area contributed by atoms with Gasteiger partial charge in [0.2, 0.25) is 5.91 Å². The molecule has 4 heterocycles. The van der Waals surface area contributed by atoms with Crippen LogP contribution in [0.2, 0.25) is 0 Å². The molecule has 1 aromatic heterocycles. The number of alkyl halides is 2. The molecule has 0 spiro atoms. The zero-order valence-electron chi connectivity index (χ0n) is 27.7. The molecule has 12 heteroatoms. The van der Waals surface area contributed by atoms with Gasteiger partial charge in [0.1, 0.15) is 18.0 Å². The van der Waals surface area contributed by atoms with E-state index >= 15 is 0 Å². The third kappa shape index (κ3) is 8.19. The number of carbonyl (C=O) groups is 2. The topological polar surface area (TPSA) is 78.5 Å². The van der Waals surface area contributed by atoms with Crippen molar-refractivity contribution in [1.29, 1.82) is 0 Å². The molecule has 3 aliphatic heterocycles. The predicted molar refractivity (Wildman–Crippen MR) is 169 cm³/mol. The summed E-state index contributed by atoms with van der Waals surface area (Å²) in [6.07, 6.45) is 1.89. The van der Waals surface area contributed by atoms with Gasteiger partial charge in [-0.05, 0) is 63.4 Å². The van der Waals surface area contributed by atoms with Gasteiger partial charge < -0.3 is 19.3 Å². The number of aromatic nitrogens is 1. The molecule has 2 aromatic rings. The molecular weight excluding hydrogens is 599 g/mol. The van der Waals surface area contributed by atoms with Crippen LogP contribution in [0.4, 0.5) is 23.7 Å². The average molecular weight is 646 g/mol. The smallest absolute Gasteiger partial charge is 0.410 e. The Kier molecular flexibility index (Phi) is 9.73. The second-order valence-electron chi connectivity index (χ2n) is 14.6. The van der Waals surface area contributed by atoms with Gasteiger partial charge in [0.15, 0.2) is 0 Å². The van der Waals surface area contributed by atoms with Crippen LogP contribution in [0.3, 0.4) is 0 Å². The molecule has 5 rings (SSSR count). The summed E-state index contributed by atoms with van der Waals surface area (Å²) < 4.78 is 53.3. The van der Waals surface area contributed by atoms with Crippen LogP contribution in [0.5, 0.6) is 0 Å². The molecule has 0 N–H and O–H groups in total. The van der Waals surface area contributed by atoms with Crippen molar-refractivity contribution in [3.63, 3.8) is 0 Å². The molecule has 0 radical (unpaired) electrons. The number of hydrogen-bond donors (Lipinski definition) is 0. The summed E-state index contributed by atoms with van der Waals surface area (Å²) in [6.45, 7) is 12.2. The van der Waals surface area contributed by atoms with E-state index in [-0.39, 0.29) is 55.5 Å². The maximum Gasteiger partial charge on any atom is 0.410 e. The number of rotatable bonds is 6. The number of ether oxygens (including phenoxy) is 2. The molecule has 2 fully saturated rings. The van der Waals surface area contributed by atoms with Gasteiger partial charge >= 0.3 is 6.09 Å². The number of piperazine rings is 1. The van der Waals surface area contributed by atoms with Crippen molar-refractivity contribution in [1.82, 2.24) is 19.7 Å². The number of nitrogens with zero attached hydrogens (tertiary/aromatic N) is 5. The maximum atomic E-state index is 14.5. The third-order valence-electron chi connectivity index (χ3n) is 8.74. The van der Waals surface area contributed by atoms with Crippen molar-refractivity contribution in [3.8, 4) is 0 Å². The highest BCUT2D eigenvalue weighted by molar-refractivity contribution is 5.97. The molecule has 0 saturated carbocycles. The second kappa shape index (κ2) is 13.1. The lowest BCUT2D eigenvalue weighted by Gasteiger charge is -2.46. The van der Waals surface area contributed by atoms with Gasteiger partial charge in [0.25, 0.3) is 5.92 Å². The van der Waals surface area contributed by atoms with Crippen LogP contribution < -0.4 is 4.90 Å². The first kappa shape index (κ1) is 34.1. The number of halogens is 3. The molecule has 2 saturated heterocycles. The molecule has 46 heavy (non-hydrogen) atoms. The summed E-state index contributed by atoms with van der Waals surface area (Å²) >= 11 is 0. The first-order valence-electron chi connectivity index (χ1n) is 16.0. The van der Waals surface area contributed by atoms with Crippen LogP contribution in [0, 0.1) is 5.82 Å². The van der Waals surface area contributed by atoms with Gasteiger partial charge in [-0.15, -0.1) is 0 Å². The minimum atomic E-state index is -2.99. The number of pyridine rings is 1. The molecule has 2 amide bonds. The molecule has 9 nitrogen and oxygen atoms in total. The number of fused-ring (bicyclic) bond motifs is 1. The monoisotopic (exact) mass is 645 g/mol. The number of amides is 2. The van der Waals surface area contributed by atoms with E-state index in [9.17, 15) is 22.8 Å². The number of benzene rings is 1. The molecular formula is C34H46F3N5O4. The highest BCUT2D eigenvalue weighted by Gasteiger charge is 2.43. The van der Waals surface area contributed by atoms with Crippen molar-refractivity contribution >= 4 is 17.7 Å². The minimum Gasteiger partial charge on any atom is -0.444 e. The Bertz CT molecular complexity index is 1410. The Morgan fingerprint density at radius 3 is 2.50 bits per heavy atom. The lowest BCUT2D eigenvalue weighted by atomic mass is 9.91. The Hall–Kier alpha value is -3.22. The highest BCUT2D eigenvalue weighted by atomic mass is 19.3. The summed E-state index contributed by atoms with van der Waals surface area (Å²) in [6, 6.07) is 7.65. The fourth-order valence-electron chi connectivity index (χ4n) is 6.57. The maximum absolute atomic E-state index is 14.5. The lowest BCUT2D eigenvalue weighted by molar-refractivity contribution is -0.121. The summed E-state index contributed by atoms with van der Waals surface area (Å²) in [5.41, 5.74) is 2.35. The van der Waals surface area contributed by atoms with Gasteiger partial charge in [-0.3, -0.25) is 19.6 Å². The van der Waals surface area contributed by atoms with E-state index in [0.717, 1.165) is 22.5 Å². The van der Waals surface area contributed by atoms with Crippen molar-refractivity contribution < 1.29 is 32.2 Å². The van der Waals surface area contributed by atoms with Gasteiger partial charge in [-0.2, -0.15) is 0 Å². The van der Waals surface area contributed by atoms with Crippen LogP contribution in [-0.4, -0.2) is 114 Å². The Morgan fingerprint density at radius 2 is 1.80 bits per heavy atom. The largest absolute Gasteiger partial charge is 0.444 e. The van der Waals surface area contributed by atoms with E-state index < -0.39 is 30.8 Å². The second-order valence-corrected chi connectivity index (χ2v) is 14.6. The molecule has 1 aromatic carbocycles. The number of hydrogen-bond acceptors (Lipinski definition) is 7. The quantitative estimate of drug-likeness (QED) is 0.451. The zero-order chi connectivity index (χ0) is 33.4. The minimum absolute atomic E-state index is 0.0512. The van der Waals surface area contributed by atoms with Crippen molar-refractivity contribution in [2.45, 2.75) is 77.0 Å². The first-order valence-corrected chi connectivity index (χ1v) is 16.0. The SMILES string of the molecule is C[C@@H]1CN(CC(=O)N2CC(C)(C)c3ncc(Cc4ccc(F)cc4)cc32)[C@@H](CN2CCOCC(F)(F)C2)CN1C(=O)OC(C)(C)C. The van der Waals surface area contributed by atoms with E-state index in [1.54, 1.807) is 47.6 Å². The van der Waals surface area contributed by atoms with E-state index in [2.05, 4.69) is 13.8 Å². The van der Waals surface area contributed by atoms with Crippen LogP contribution in [0.15, 0.2) is 36.5 Å². The third-order valence-corrected chi connectivity index (χ3v) is 8.74. The van der Waals surface area contributed by atoms with Gasteiger partial charge in [0.05, 0.1) is 31.1 Å². The van der Waals surface area contributed by atoms with Gasteiger partial charge in [0, 0.05) is 56.4 Å². The summed E-state index contributed by atoms with van der Waals surface area (Å²) in [5, 5.41) is 0. The van der Waals surface area contributed by atoms with Gasteiger partial charge in [-0.1, -0.05) is 26.0 Å². The molecule has 0 bridgehead atoms.